The number of carbonyl (C=O) groups is 1. The van der Waals surface area contributed by atoms with Gasteiger partial charge in [0.25, 0.3) is 0 Å². The molecular weight excluding hydrogens is 128 g/mol. The number of carboxylic acid groups (broad SMARTS) is 1. The van der Waals surface area contributed by atoms with Gasteiger partial charge >= 0.3 is 5.97 Å². The first kappa shape index (κ1) is 7.78. The molecule has 0 saturated carbocycles. The maximum absolute atomic E-state index is 10.0. The van der Waals surface area contributed by atoms with Gasteiger partial charge in [0.1, 0.15) is 4.75 Å². The van der Waals surface area contributed by atoms with Crippen LogP contribution in [-0.4, -0.2) is 27.5 Å². The molecule has 0 aromatic carbocycles. The van der Waals surface area contributed by atoms with Crippen LogP contribution in [0, 0.1) is 0 Å². The van der Waals surface area contributed by atoms with Crippen molar-refractivity contribution in [2.24, 2.45) is 0 Å². The van der Waals surface area contributed by atoms with Crippen molar-refractivity contribution in [3.05, 3.63) is 0 Å². The SMILES string of the molecule is CC(S)(CO)C(=O)O. The summed E-state index contributed by atoms with van der Waals surface area (Å²) >= 11 is 3.63. The molecule has 0 aliphatic heterocycles. The molecule has 0 saturated heterocycles. The van der Waals surface area contributed by atoms with E-state index in [2.05, 4.69) is 12.6 Å². The maximum Gasteiger partial charge on any atom is 0.321 e. The molecule has 0 aromatic rings. The molecule has 0 amide bonds. The molecule has 1 atom stereocenters. The minimum atomic E-state index is -1.29. The molecule has 0 spiro atoms. The van der Waals surface area contributed by atoms with E-state index < -0.39 is 17.3 Å². The van der Waals surface area contributed by atoms with E-state index in [1.54, 1.807) is 0 Å². The molecule has 3 nitrogen and oxygen atoms in total. The van der Waals surface area contributed by atoms with Crippen LogP contribution >= 0.6 is 12.6 Å². The number of carboxylic acids is 1. The second kappa shape index (κ2) is 2.37. The van der Waals surface area contributed by atoms with E-state index >= 15 is 0 Å². The molecule has 0 fully saturated rings. The molecule has 0 bridgehead atoms. The Hall–Kier alpha value is -0.220. The zero-order chi connectivity index (χ0) is 6.78. The number of aliphatic hydroxyl groups excluding tert-OH is 1. The van der Waals surface area contributed by atoms with E-state index in [1.807, 2.05) is 0 Å². The van der Waals surface area contributed by atoms with E-state index in [1.165, 1.54) is 6.92 Å². The highest BCUT2D eigenvalue weighted by molar-refractivity contribution is 7.82. The van der Waals surface area contributed by atoms with Crippen LogP contribution in [0.4, 0.5) is 0 Å². The molecule has 0 radical (unpaired) electrons. The van der Waals surface area contributed by atoms with Gasteiger partial charge in [0.2, 0.25) is 0 Å². The Kier molecular flexibility index (Phi) is 2.30. The predicted octanol–water partition coefficient (Wildman–Crippen LogP) is -0.248. The Morgan fingerprint density at radius 1 is 1.88 bits per heavy atom. The standard InChI is InChI=1S/C4H8O3S/c1-4(8,2-5)3(6)7/h5,8H,2H2,1H3,(H,6,7). The first-order valence-corrected chi connectivity index (χ1v) is 2.52. The van der Waals surface area contributed by atoms with Crippen molar-refractivity contribution in [1.82, 2.24) is 0 Å². The summed E-state index contributed by atoms with van der Waals surface area (Å²) < 4.78 is -1.29. The lowest BCUT2D eigenvalue weighted by Crippen LogP contribution is -2.32. The fraction of sp³-hybridized carbons (Fsp3) is 0.750. The molecule has 1 unspecified atom stereocenters. The van der Waals surface area contributed by atoms with E-state index in [4.69, 9.17) is 10.2 Å². The van der Waals surface area contributed by atoms with Crippen molar-refractivity contribution < 1.29 is 15.0 Å². The fourth-order valence-corrected chi connectivity index (χ4v) is 0.0676. The summed E-state index contributed by atoms with van der Waals surface area (Å²) in [6, 6.07) is 0. The number of hydrogen-bond acceptors (Lipinski definition) is 3. The highest BCUT2D eigenvalue weighted by atomic mass is 32.1. The van der Waals surface area contributed by atoms with Gasteiger partial charge in [-0.1, -0.05) is 0 Å². The predicted molar refractivity (Wildman–Crippen MR) is 32.1 cm³/mol. The lowest BCUT2D eigenvalue weighted by atomic mass is 10.2. The lowest BCUT2D eigenvalue weighted by molar-refractivity contribution is -0.140. The minimum absolute atomic E-state index is 0.453. The molecule has 8 heavy (non-hydrogen) atoms. The summed E-state index contributed by atoms with van der Waals surface area (Å²) in [7, 11) is 0. The third-order valence-electron chi connectivity index (χ3n) is 0.769. The molecule has 4 heteroatoms. The largest absolute Gasteiger partial charge is 0.480 e. The van der Waals surface area contributed by atoms with Crippen LogP contribution in [0.15, 0.2) is 0 Å². The highest BCUT2D eigenvalue weighted by Gasteiger charge is 2.26. The summed E-state index contributed by atoms with van der Waals surface area (Å²) in [4.78, 5) is 10.0. The summed E-state index contributed by atoms with van der Waals surface area (Å²) in [5.41, 5.74) is 0. The van der Waals surface area contributed by atoms with Crippen LogP contribution in [-0.2, 0) is 4.79 Å². The first-order valence-electron chi connectivity index (χ1n) is 2.07. The Balaban J connectivity index is 3.91. The van der Waals surface area contributed by atoms with Gasteiger partial charge in [0.05, 0.1) is 6.61 Å². The Labute approximate surface area is 52.7 Å². The smallest absolute Gasteiger partial charge is 0.321 e. The van der Waals surface area contributed by atoms with E-state index in [-0.39, 0.29) is 0 Å². The topological polar surface area (TPSA) is 57.5 Å². The number of rotatable bonds is 2. The number of thiol groups is 1. The van der Waals surface area contributed by atoms with Crippen molar-refractivity contribution in [2.45, 2.75) is 11.7 Å². The van der Waals surface area contributed by atoms with Crippen molar-refractivity contribution in [3.63, 3.8) is 0 Å². The Morgan fingerprint density at radius 3 is 2.25 bits per heavy atom. The highest BCUT2D eigenvalue weighted by Crippen LogP contribution is 2.10. The van der Waals surface area contributed by atoms with Gasteiger partial charge in [-0.15, -0.1) is 0 Å². The average molecular weight is 136 g/mol. The van der Waals surface area contributed by atoms with Gasteiger partial charge in [-0.2, -0.15) is 12.6 Å². The van der Waals surface area contributed by atoms with Crippen LogP contribution in [0.1, 0.15) is 6.92 Å². The molecule has 48 valence electrons. The molecule has 0 aliphatic rings. The zero-order valence-electron chi connectivity index (χ0n) is 4.46. The molecule has 0 aromatic heterocycles. The molecule has 0 rings (SSSR count). The summed E-state index contributed by atoms with van der Waals surface area (Å²) in [6.45, 7) is 0.879. The molecule has 0 heterocycles. The lowest BCUT2D eigenvalue weighted by Gasteiger charge is -2.12. The van der Waals surface area contributed by atoms with Crippen LogP contribution in [0.25, 0.3) is 0 Å². The summed E-state index contributed by atoms with van der Waals surface area (Å²) in [6.07, 6.45) is 0. The third-order valence-corrected chi connectivity index (χ3v) is 1.10. The first-order chi connectivity index (χ1) is 3.50. The van der Waals surface area contributed by atoms with Gasteiger partial charge in [-0.3, -0.25) is 4.79 Å². The average Bonchev–Trinajstić information content (AvgIpc) is 1.67. The quantitative estimate of drug-likeness (QED) is 0.459. The number of hydrogen-bond donors (Lipinski definition) is 3. The van der Waals surface area contributed by atoms with Crippen LogP contribution in [0.2, 0.25) is 0 Å². The number of aliphatic hydroxyl groups is 1. The van der Waals surface area contributed by atoms with E-state index in [0.29, 0.717) is 0 Å². The van der Waals surface area contributed by atoms with Gasteiger partial charge in [-0.05, 0) is 6.92 Å². The number of aliphatic carboxylic acids is 1. The molecule has 2 N–H and O–H groups in total. The van der Waals surface area contributed by atoms with E-state index in [9.17, 15) is 4.79 Å². The van der Waals surface area contributed by atoms with Crippen molar-refractivity contribution in [2.75, 3.05) is 6.61 Å². The zero-order valence-corrected chi connectivity index (χ0v) is 5.35. The molecular formula is C4H8O3S. The summed E-state index contributed by atoms with van der Waals surface area (Å²) in [5.74, 6) is -1.11. The van der Waals surface area contributed by atoms with Crippen LogP contribution < -0.4 is 0 Å². The van der Waals surface area contributed by atoms with Gasteiger partial charge in [-0.25, -0.2) is 0 Å². The van der Waals surface area contributed by atoms with Gasteiger partial charge < -0.3 is 10.2 Å². The Bertz CT molecular complexity index is 99.5. The van der Waals surface area contributed by atoms with Crippen molar-refractivity contribution >= 4 is 18.6 Å². The van der Waals surface area contributed by atoms with Crippen LogP contribution in [0.3, 0.4) is 0 Å². The normalized spacial score (nSPS) is 17.4. The second-order valence-corrected chi connectivity index (χ2v) is 2.72. The minimum Gasteiger partial charge on any atom is -0.480 e. The Morgan fingerprint density at radius 2 is 2.25 bits per heavy atom. The maximum atomic E-state index is 10.0. The van der Waals surface area contributed by atoms with E-state index in [0.717, 1.165) is 0 Å². The third kappa shape index (κ3) is 1.71. The van der Waals surface area contributed by atoms with Crippen LogP contribution in [0.5, 0.6) is 0 Å². The molecule has 0 aliphatic carbocycles. The van der Waals surface area contributed by atoms with Crippen molar-refractivity contribution in [3.8, 4) is 0 Å². The summed E-state index contributed by atoms with van der Waals surface area (Å²) in [5, 5.41) is 16.5. The monoisotopic (exact) mass is 136 g/mol. The fourth-order valence-electron chi connectivity index (χ4n) is 0.0676. The second-order valence-electron chi connectivity index (χ2n) is 1.74. The van der Waals surface area contributed by atoms with Crippen molar-refractivity contribution in [1.29, 1.82) is 0 Å². The van der Waals surface area contributed by atoms with Gasteiger partial charge in [0, 0.05) is 0 Å². The van der Waals surface area contributed by atoms with Gasteiger partial charge in [0.15, 0.2) is 0 Å².